The molecule has 2 N–H and O–H groups in total. The third-order valence-corrected chi connectivity index (χ3v) is 4.45. The highest BCUT2D eigenvalue weighted by molar-refractivity contribution is 5.82. The maximum Gasteiger partial charge on any atom is 0.0487 e. The number of hydrogen-bond donors (Lipinski definition) is 2. The van der Waals surface area contributed by atoms with E-state index in [1.54, 1.807) is 0 Å². The molecule has 1 aliphatic rings. The van der Waals surface area contributed by atoms with Gasteiger partial charge in [0.25, 0.3) is 0 Å². The summed E-state index contributed by atoms with van der Waals surface area (Å²) in [7, 11) is 1.97. The quantitative estimate of drug-likeness (QED) is 0.552. The molecular weight excluding hydrogens is 316 g/mol. The molecule has 0 aliphatic carbocycles. The van der Waals surface area contributed by atoms with E-state index in [1.807, 2.05) is 27.0 Å². The molecule has 2 heteroatoms. The minimum atomic E-state index is 0.411. The van der Waals surface area contributed by atoms with Crippen molar-refractivity contribution in [3.05, 3.63) is 65.9 Å². The van der Waals surface area contributed by atoms with Gasteiger partial charge in [0.2, 0.25) is 0 Å². The van der Waals surface area contributed by atoms with E-state index in [-0.39, 0.29) is 0 Å². The number of benzene rings is 1. The van der Waals surface area contributed by atoms with E-state index < -0.39 is 0 Å². The molecule has 0 radical (unpaired) electrons. The van der Waals surface area contributed by atoms with Crippen LogP contribution in [0.5, 0.6) is 0 Å². The molecule has 1 aromatic rings. The Morgan fingerprint density at radius 3 is 2.58 bits per heavy atom. The molecule has 1 atom stereocenters. The average molecular weight is 353 g/mol. The molecule has 1 unspecified atom stereocenters. The van der Waals surface area contributed by atoms with Crippen LogP contribution in [0.15, 0.2) is 49.2 Å². The third kappa shape index (κ3) is 5.94. The molecule has 2 nitrogen and oxygen atoms in total. The average Bonchev–Trinajstić information content (AvgIpc) is 2.68. The number of anilines is 1. The lowest BCUT2D eigenvalue weighted by molar-refractivity contribution is 0.749. The van der Waals surface area contributed by atoms with E-state index in [9.17, 15) is 0 Å². The van der Waals surface area contributed by atoms with Crippen LogP contribution in [-0.2, 0) is 6.42 Å². The normalized spacial score (nSPS) is 15.3. The summed E-state index contributed by atoms with van der Waals surface area (Å²) in [6.07, 6.45) is 12.8. The van der Waals surface area contributed by atoms with E-state index in [2.05, 4.69) is 68.1 Å². The molecule has 0 saturated heterocycles. The summed E-state index contributed by atoms with van der Waals surface area (Å²) < 4.78 is 0. The van der Waals surface area contributed by atoms with Crippen molar-refractivity contribution in [2.24, 2.45) is 0 Å². The van der Waals surface area contributed by atoms with Crippen LogP contribution in [0.3, 0.4) is 0 Å². The van der Waals surface area contributed by atoms with Crippen molar-refractivity contribution < 1.29 is 0 Å². The summed E-state index contributed by atoms with van der Waals surface area (Å²) in [5.41, 5.74) is 7.29. The molecule has 2 rings (SSSR count). The smallest absolute Gasteiger partial charge is 0.0487 e. The molecule has 1 aromatic carbocycles. The molecule has 142 valence electrons. The highest BCUT2D eigenvalue weighted by Gasteiger charge is 2.12. The first-order chi connectivity index (χ1) is 12.6. The first-order valence-electron chi connectivity index (χ1n) is 9.87. The maximum atomic E-state index is 4.33. The van der Waals surface area contributed by atoms with E-state index in [0.717, 1.165) is 24.1 Å². The largest absolute Gasteiger partial charge is 0.387 e. The Bertz CT molecular complexity index is 665. The summed E-state index contributed by atoms with van der Waals surface area (Å²) in [6, 6.07) is 4.92. The number of dihydropyridines is 1. The zero-order valence-electron chi connectivity index (χ0n) is 17.3. The minimum absolute atomic E-state index is 0.411. The summed E-state index contributed by atoms with van der Waals surface area (Å²) in [5, 5.41) is 6.71. The van der Waals surface area contributed by atoms with Gasteiger partial charge in [-0.25, -0.2) is 0 Å². The Hall–Kier alpha value is -2.22. The summed E-state index contributed by atoms with van der Waals surface area (Å²) in [4.78, 5) is 0. The Morgan fingerprint density at radius 1 is 1.31 bits per heavy atom. The molecule has 1 heterocycles. The van der Waals surface area contributed by atoms with Crippen LogP contribution >= 0.6 is 0 Å². The van der Waals surface area contributed by atoms with Crippen LogP contribution in [-0.4, -0.2) is 13.1 Å². The van der Waals surface area contributed by atoms with Crippen molar-refractivity contribution >= 4 is 17.3 Å². The van der Waals surface area contributed by atoms with Gasteiger partial charge < -0.3 is 10.6 Å². The molecule has 0 bridgehead atoms. The molecule has 0 aromatic heterocycles. The van der Waals surface area contributed by atoms with Gasteiger partial charge in [-0.3, -0.25) is 0 Å². The van der Waals surface area contributed by atoms with Crippen LogP contribution < -0.4 is 10.6 Å². The Labute approximate surface area is 160 Å². The van der Waals surface area contributed by atoms with Crippen LogP contribution in [0.4, 0.5) is 5.69 Å². The molecule has 0 saturated carbocycles. The lowest BCUT2D eigenvalue weighted by Crippen LogP contribution is -2.21. The van der Waals surface area contributed by atoms with Gasteiger partial charge >= 0.3 is 0 Å². The first-order valence-corrected chi connectivity index (χ1v) is 9.87. The second-order valence-electron chi connectivity index (χ2n) is 6.48. The number of allylic oxidation sites excluding steroid dienone is 3. The highest BCUT2D eigenvalue weighted by Crippen LogP contribution is 2.32. The van der Waals surface area contributed by atoms with E-state index in [0.29, 0.717) is 6.04 Å². The van der Waals surface area contributed by atoms with Gasteiger partial charge in [0.05, 0.1) is 0 Å². The van der Waals surface area contributed by atoms with Crippen molar-refractivity contribution in [1.82, 2.24) is 5.32 Å². The number of hydrogen-bond acceptors (Lipinski definition) is 2. The second kappa shape index (κ2) is 11.4. The molecule has 1 aliphatic heterocycles. The van der Waals surface area contributed by atoms with Gasteiger partial charge in [0.1, 0.15) is 0 Å². The highest BCUT2D eigenvalue weighted by atomic mass is 14.9. The third-order valence-electron chi connectivity index (χ3n) is 4.45. The Balaban J connectivity index is 0.00000163. The maximum absolute atomic E-state index is 4.33. The topological polar surface area (TPSA) is 24.1 Å². The van der Waals surface area contributed by atoms with Crippen molar-refractivity contribution in [2.75, 3.05) is 12.4 Å². The van der Waals surface area contributed by atoms with Gasteiger partial charge in [0, 0.05) is 30.5 Å². The summed E-state index contributed by atoms with van der Waals surface area (Å²) in [6.45, 7) is 16.7. The first kappa shape index (κ1) is 21.8. The van der Waals surface area contributed by atoms with E-state index >= 15 is 0 Å². The predicted molar refractivity (Wildman–Crippen MR) is 120 cm³/mol. The van der Waals surface area contributed by atoms with E-state index in [4.69, 9.17) is 0 Å². The molecular formula is C24H36N2. The lowest BCUT2D eigenvalue weighted by atomic mass is 9.92. The van der Waals surface area contributed by atoms with Crippen LogP contribution in [0.1, 0.15) is 63.6 Å². The Kier molecular flexibility index (Phi) is 9.57. The molecule has 0 spiro atoms. The zero-order valence-corrected chi connectivity index (χ0v) is 17.3. The molecule has 26 heavy (non-hydrogen) atoms. The van der Waals surface area contributed by atoms with Crippen LogP contribution in [0, 0.1) is 0 Å². The van der Waals surface area contributed by atoms with Crippen LogP contribution in [0.2, 0.25) is 0 Å². The second-order valence-corrected chi connectivity index (χ2v) is 6.48. The standard InChI is InChI=1S/C22H30N2.C2H6/c1-6-8-9-16(3)21-14-19(13-20(7-2)22(21)23-5)12-18-11-10-17(4)24-15-18;1-2/h7,10-11,13-15,17,23-24H,2-3,6,8-9,12H2,1,4-5H3;1-2H3. The van der Waals surface area contributed by atoms with Gasteiger partial charge in [-0.15, -0.1) is 0 Å². The van der Waals surface area contributed by atoms with Gasteiger partial charge in [-0.05, 0) is 60.6 Å². The summed E-state index contributed by atoms with van der Waals surface area (Å²) >= 11 is 0. The summed E-state index contributed by atoms with van der Waals surface area (Å²) in [5.74, 6) is 0. The number of nitrogens with one attached hydrogen (secondary N) is 2. The van der Waals surface area contributed by atoms with Gasteiger partial charge in [0.15, 0.2) is 0 Å². The predicted octanol–water partition coefficient (Wildman–Crippen LogP) is 6.58. The van der Waals surface area contributed by atoms with Crippen LogP contribution in [0.25, 0.3) is 11.6 Å². The van der Waals surface area contributed by atoms with Crippen molar-refractivity contribution in [2.45, 2.75) is 59.4 Å². The number of unbranched alkanes of at least 4 members (excludes halogenated alkanes) is 1. The van der Waals surface area contributed by atoms with Crippen molar-refractivity contribution in [3.8, 4) is 0 Å². The number of rotatable bonds is 8. The van der Waals surface area contributed by atoms with Gasteiger partial charge in [-0.2, -0.15) is 0 Å². The Morgan fingerprint density at radius 2 is 2.04 bits per heavy atom. The van der Waals surface area contributed by atoms with E-state index in [1.165, 1.54) is 35.1 Å². The monoisotopic (exact) mass is 352 g/mol. The zero-order chi connectivity index (χ0) is 19.5. The van der Waals surface area contributed by atoms with Crippen molar-refractivity contribution in [3.63, 3.8) is 0 Å². The molecule has 0 fully saturated rings. The van der Waals surface area contributed by atoms with Gasteiger partial charge in [-0.1, -0.05) is 58.6 Å². The molecule has 0 amide bonds. The SMILES string of the molecule is C=Cc1cc(CC2=CNC(C)C=C2)cc(C(=C)CCCC)c1NC.CC. The van der Waals surface area contributed by atoms with Crippen molar-refractivity contribution in [1.29, 1.82) is 0 Å². The fourth-order valence-corrected chi connectivity index (χ4v) is 3.03. The lowest BCUT2D eigenvalue weighted by Gasteiger charge is -2.19. The minimum Gasteiger partial charge on any atom is -0.387 e. The fourth-order valence-electron chi connectivity index (χ4n) is 3.03. The fraction of sp³-hybridized carbons (Fsp3) is 0.417.